The molecule has 0 saturated carbocycles. The molecule has 2 aromatic carbocycles. The average Bonchev–Trinajstić information content (AvgIpc) is 2.59. The molecule has 0 aliphatic heterocycles. The highest BCUT2D eigenvalue weighted by Crippen LogP contribution is 2.34. The number of halogens is 1. The van der Waals surface area contributed by atoms with Crippen molar-refractivity contribution < 1.29 is 9.47 Å². The summed E-state index contributed by atoms with van der Waals surface area (Å²) < 4.78 is 10.4. The van der Waals surface area contributed by atoms with Crippen molar-refractivity contribution in [3.63, 3.8) is 0 Å². The van der Waals surface area contributed by atoms with Gasteiger partial charge in [-0.25, -0.2) is 0 Å². The molecule has 1 atom stereocenters. The van der Waals surface area contributed by atoms with Gasteiger partial charge in [-0.3, -0.25) is 0 Å². The summed E-state index contributed by atoms with van der Waals surface area (Å²) in [5.41, 5.74) is 9.02. The summed E-state index contributed by atoms with van der Waals surface area (Å²) in [5.74, 6) is 1.62. The lowest BCUT2D eigenvalue weighted by molar-refractivity contribution is 0.414. The second kappa shape index (κ2) is 8.04. The highest BCUT2D eigenvalue weighted by Gasteiger charge is 2.12. The lowest BCUT2D eigenvalue weighted by Gasteiger charge is -2.15. The fourth-order valence-corrected chi connectivity index (χ4v) is 2.67. The molecular formula is C19H22ClNO2. The number of rotatable bonds is 6. The van der Waals surface area contributed by atoms with Crippen molar-refractivity contribution in [2.45, 2.75) is 19.4 Å². The largest absolute Gasteiger partial charge is 0.497 e. The van der Waals surface area contributed by atoms with Gasteiger partial charge in [0.25, 0.3) is 0 Å². The first-order valence-corrected chi connectivity index (χ1v) is 7.86. The summed E-state index contributed by atoms with van der Waals surface area (Å²) in [7, 11) is 3.30. The van der Waals surface area contributed by atoms with Crippen molar-refractivity contribution in [1.82, 2.24) is 0 Å². The van der Waals surface area contributed by atoms with Crippen LogP contribution in [0.25, 0.3) is 10.6 Å². The van der Waals surface area contributed by atoms with Crippen molar-refractivity contribution in [3.8, 4) is 11.5 Å². The summed E-state index contributed by atoms with van der Waals surface area (Å²) in [4.78, 5) is 0. The molecule has 0 radical (unpaired) electrons. The van der Waals surface area contributed by atoms with Crippen LogP contribution in [0.5, 0.6) is 11.5 Å². The molecule has 4 heteroatoms. The van der Waals surface area contributed by atoms with Gasteiger partial charge >= 0.3 is 0 Å². The standard InChI is InChI=1S/C19H22ClNO2/c1-13(21)12-18(14-4-8-16(22-2)9-5-14)19(20)15-6-10-17(23-3)11-7-15/h4-11,13H,12,21H2,1-3H3/b19-18-. The maximum atomic E-state index is 6.67. The van der Waals surface area contributed by atoms with E-state index in [1.165, 1.54) is 0 Å². The van der Waals surface area contributed by atoms with Crippen LogP contribution >= 0.6 is 11.6 Å². The van der Waals surface area contributed by atoms with E-state index in [1.54, 1.807) is 14.2 Å². The van der Waals surface area contributed by atoms with E-state index in [0.29, 0.717) is 11.5 Å². The lowest BCUT2D eigenvalue weighted by Crippen LogP contribution is -2.15. The summed E-state index contributed by atoms with van der Waals surface area (Å²) in [6.45, 7) is 1.97. The van der Waals surface area contributed by atoms with Gasteiger partial charge in [0.05, 0.1) is 19.3 Å². The van der Waals surface area contributed by atoms with Gasteiger partial charge in [0.1, 0.15) is 11.5 Å². The van der Waals surface area contributed by atoms with E-state index in [2.05, 4.69) is 0 Å². The first-order valence-electron chi connectivity index (χ1n) is 7.48. The maximum Gasteiger partial charge on any atom is 0.118 e. The molecule has 0 amide bonds. The van der Waals surface area contributed by atoms with E-state index in [0.717, 1.165) is 28.2 Å². The molecule has 0 saturated heterocycles. The lowest BCUT2D eigenvalue weighted by atomic mass is 9.96. The van der Waals surface area contributed by atoms with Crippen LogP contribution in [0, 0.1) is 0 Å². The minimum Gasteiger partial charge on any atom is -0.497 e. The molecule has 0 aromatic heterocycles. The van der Waals surface area contributed by atoms with Gasteiger partial charge in [0, 0.05) is 6.04 Å². The van der Waals surface area contributed by atoms with E-state index in [9.17, 15) is 0 Å². The van der Waals surface area contributed by atoms with Crippen molar-refractivity contribution >= 4 is 22.2 Å². The van der Waals surface area contributed by atoms with Crippen LogP contribution < -0.4 is 15.2 Å². The number of hydrogen-bond acceptors (Lipinski definition) is 3. The summed E-state index contributed by atoms with van der Waals surface area (Å²) in [5, 5.41) is 0.704. The number of hydrogen-bond donors (Lipinski definition) is 1. The van der Waals surface area contributed by atoms with Crippen LogP contribution in [0.2, 0.25) is 0 Å². The zero-order chi connectivity index (χ0) is 16.8. The maximum absolute atomic E-state index is 6.67. The Balaban J connectivity index is 2.45. The van der Waals surface area contributed by atoms with E-state index in [-0.39, 0.29) is 6.04 Å². The van der Waals surface area contributed by atoms with Gasteiger partial charge in [0.15, 0.2) is 0 Å². The third-order valence-electron chi connectivity index (χ3n) is 3.57. The first kappa shape index (κ1) is 17.4. The van der Waals surface area contributed by atoms with E-state index in [1.807, 2.05) is 55.5 Å². The fourth-order valence-electron chi connectivity index (χ4n) is 2.36. The zero-order valence-corrected chi connectivity index (χ0v) is 14.4. The van der Waals surface area contributed by atoms with Gasteiger partial charge < -0.3 is 15.2 Å². The highest BCUT2D eigenvalue weighted by molar-refractivity contribution is 6.52. The van der Waals surface area contributed by atoms with Gasteiger partial charge in [-0.2, -0.15) is 0 Å². The van der Waals surface area contributed by atoms with Crippen molar-refractivity contribution in [2.24, 2.45) is 5.73 Å². The molecule has 0 bridgehead atoms. The molecule has 122 valence electrons. The second-order valence-electron chi connectivity index (χ2n) is 5.43. The highest BCUT2D eigenvalue weighted by atomic mass is 35.5. The Labute approximate surface area is 142 Å². The fraction of sp³-hybridized carbons (Fsp3) is 0.263. The molecule has 1 unspecified atom stereocenters. The molecule has 3 nitrogen and oxygen atoms in total. The normalized spacial score (nSPS) is 13.3. The van der Waals surface area contributed by atoms with Crippen molar-refractivity contribution in [3.05, 3.63) is 59.7 Å². The van der Waals surface area contributed by atoms with Gasteiger partial charge in [-0.15, -0.1) is 0 Å². The molecular weight excluding hydrogens is 310 g/mol. The Hall–Kier alpha value is -1.97. The molecule has 2 aromatic rings. The van der Waals surface area contributed by atoms with Crippen LogP contribution in [0.15, 0.2) is 48.5 Å². The SMILES string of the molecule is COc1ccc(/C(Cl)=C(\CC(C)N)c2ccc(OC)cc2)cc1. The molecule has 0 fully saturated rings. The molecule has 0 aliphatic rings. The summed E-state index contributed by atoms with van der Waals surface area (Å²) in [6, 6.07) is 15.6. The van der Waals surface area contributed by atoms with E-state index in [4.69, 9.17) is 26.8 Å². The Bertz CT molecular complexity index is 661. The van der Waals surface area contributed by atoms with Gasteiger partial charge in [-0.05, 0) is 66.4 Å². The number of benzene rings is 2. The smallest absolute Gasteiger partial charge is 0.118 e. The molecule has 0 heterocycles. The minimum atomic E-state index is 0.0131. The topological polar surface area (TPSA) is 44.5 Å². The van der Waals surface area contributed by atoms with Crippen LogP contribution in [0.4, 0.5) is 0 Å². The van der Waals surface area contributed by atoms with Crippen LogP contribution in [-0.4, -0.2) is 20.3 Å². The number of methoxy groups -OCH3 is 2. The van der Waals surface area contributed by atoms with Crippen molar-refractivity contribution in [2.75, 3.05) is 14.2 Å². The second-order valence-corrected chi connectivity index (χ2v) is 5.81. The molecule has 2 N–H and O–H groups in total. The molecule has 0 spiro atoms. The van der Waals surface area contributed by atoms with Crippen LogP contribution in [0.3, 0.4) is 0 Å². The number of nitrogens with two attached hydrogens (primary N) is 1. The van der Waals surface area contributed by atoms with Crippen LogP contribution in [0.1, 0.15) is 24.5 Å². The Morgan fingerprint density at radius 3 is 1.74 bits per heavy atom. The molecule has 23 heavy (non-hydrogen) atoms. The third kappa shape index (κ3) is 4.50. The molecule has 0 aliphatic carbocycles. The molecule has 2 rings (SSSR count). The van der Waals surface area contributed by atoms with Crippen molar-refractivity contribution in [1.29, 1.82) is 0 Å². The van der Waals surface area contributed by atoms with Crippen LogP contribution in [-0.2, 0) is 0 Å². The Morgan fingerprint density at radius 2 is 1.35 bits per heavy atom. The quantitative estimate of drug-likeness (QED) is 0.790. The minimum absolute atomic E-state index is 0.0131. The summed E-state index contributed by atoms with van der Waals surface area (Å²) in [6.07, 6.45) is 0.692. The number of ether oxygens (including phenoxy) is 2. The zero-order valence-electron chi connectivity index (χ0n) is 13.7. The predicted molar refractivity (Wildman–Crippen MR) is 96.9 cm³/mol. The average molecular weight is 332 g/mol. The monoisotopic (exact) mass is 331 g/mol. The third-order valence-corrected chi connectivity index (χ3v) is 4.02. The predicted octanol–water partition coefficient (Wildman–Crippen LogP) is 4.55. The van der Waals surface area contributed by atoms with E-state index < -0.39 is 0 Å². The Kier molecular flexibility index (Phi) is 6.08. The van der Waals surface area contributed by atoms with Gasteiger partial charge in [-0.1, -0.05) is 23.7 Å². The van der Waals surface area contributed by atoms with E-state index >= 15 is 0 Å². The Morgan fingerprint density at radius 1 is 0.913 bits per heavy atom. The van der Waals surface area contributed by atoms with Gasteiger partial charge in [0.2, 0.25) is 0 Å². The first-order chi connectivity index (χ1) is 11.0. The summed E-state index contributed by atoms with van der Waals surface area (Å²) >= 11 is 6.67.